The Kier molecular flexibility index (Phi) is 5.71. The predicted molar refractivity (Wildman–Crippen MR) is 83.7 cm³/mol. The van der Waals surface area contributed by atoms with Crippen LogP contribution in [-0.2, 0) is 0 Å². The third-order valence-corrected chi connectivity index (χ3v) is 4.16. The van der Waals surface area contributed by atoms with E-state index in [2.05, 4.69) is 38.8 Å². The number of nitrogens with zero attached hydrogens (tertiary/aromatic N) is 4. The SMILES string of the molecule is CCCC(C#N)N1CCN(C(=O)c2ccnc(Br)c2)CC1. The van der Waals surface area contributed by atoms with Crippen molar-refractivity contribution in [1.82, 2.24) is 14.8 Å². The molecule has 1 atom stereocenters. The molecule has 1 unspecified atom stereocenters. The van der Waals surface area contributed by atoms with E-state index in [-0.39, 0.29) is 11.9 Å². The van der Waals surface area contributed by atoms with E-state index in [0.29, 0.717) is 23.3 Å². The van der Waals surface area contributed by atoms with E-state index < -0.39 is 0 Å². The lowest BCUT2D eigenvalue weighted by molar-refractivity contribution is 0.0601. The summed E-state index contributed by atoms with van der Waals surface area (Å²) in [5.41, 5.74) is 0.649. The Morgan fingerprint density at radius 1 is 1.48 bits per heavy atom. The van der Waals surface area contributed by atoms with Gasteiger partial charge >= 0.3 is 0 Å². The van der Waals surface area contributed by atoms with Crippen LogP contribution in [0, 0.1) is 11.3 Å². The molecule has 1 saturated heterocycles. The first kappa shape index (κ1) is 15.9. The molecule has 0 spiro atoms. The van der Waals surface area contributed by atoms with Crippen LogP contribution in [0.25, 0.3) is 0 Å². The van der Waals surface area contributed by atoms with Gasteiger partial charge in [0.15, 0.2) is 0 Å². The summed E-state index contributed by atoms with van der Waals surface area (Å²) in [5.74, 6) is 0.0294. The summed E-state index contributed by atoms with van der Waals surface area (Å²) in [6, 6.07) is 5.81. The summed E-state index contributed by atoms with van der Waals surface area (Å²) in [7, 11) is 0. The van der Waals surface area contributed by atoms with Gasteiger partial charge in [-0.3, -0.25) is 9.69 Å². The molecule has 1 aromatic heterocycles. The van der Waals surface area contributed by atoms with E-state index in [1.165, 1.54) is 0 Å². The van der Waals surface area contributed by atoms with Crippen LogP contribution in [0.5, 0.6) is 0 Å². The molecule has 0 N–H and O–H groups in total. The lowest BCUT2D eigenvalue weighted by atomic mass is 10.1. The second-order valence-electron chi connectivity index (χ2n) is 5.13. The van der Waals surface area contributed by atoms with Crippen molar-refractivity contribution in [3.8, 4) is 6.07 Å². The number of carbonyl (C=O) groups is 1. The second kappa shape index (κ2) is 7.53. The van der Waals surface area contributed by atoms with Gasteiger partial charge in [0.2, 0.25) is 0 Å². The van der Waals surface area contributed by atoms with Crippen molar-refractivity contribution >= 4 is 21.8 Å². The Labute approximate surface area is 133 Å². The lowest BCUT2D eigenvalue weighted by Gasteiger charge is -2.36. The zero-order valence-electron chi connectivity index (χ0n) is 12.1. The first-order chi connectivity index (χ1) is 10.2. The van der Waals surface area contributed by atoms with Crippen molar-refractivity contribution in [3.63, 3.8) is 0 Å². The molecule has 0 radical (unpaired) electrons. The van der Waals surface area contributed by atoms with E-state index >= 15 is 0 Å². The van der Waals surface area contributed by atoms with Gasteiger partial charge in [-0.2, -0.15) is 5.26 Å². The highest BCUT2D eigenvalue weighted by atomic mass is 79.9. The number of amides is 1. The van der Waals surface area contributed by atoms with Gasteiger partial charge in [-0.15, -0.1) is 0 Å². The van der Waals surface area contributed by atoms with Crippen LogP contribution >= 0.6 is 15.9 Å². The van der Waals surface area contributed by atoms with Crippen LogP contribution in [0.4, 0.5) is 0 Å². The maximum Gasteiger partial charge on any atom is 0.254 e. The predicted octanol–water partition coefficient (Wildman–Crippen LogP) is 2.29. The standard InChI is InChI=1S/C15H19BrN4O/c1-2-3-13(11-17)19-6-8-20(9-7-19)15(21)12-4-5-18-14(16)10-12/h4-5,10,13H,2-3,6-9H2,1H3. The Bertz CT molecular complexity index is 535. The van der Waals surface area contributed by atoms with Crippen LogP contribution in [0.3, 0.4) is 0 Å². The molecule has 2 heterocycles. The normalized spacial score (nSPS) is 17.3. The van der Waals surface area contributed by atoms with Gasteiger partial charge in [0, 0.05) is 37.9 Å². The zero-order chi connectivity index (χ0) is 15.2. The average molecular weight is 351 g/mol. The molecule has 1 fully saturated rings. The fourth-order valence-corrected chi connectivity index (χ4v) is 2.92. The van der Waals surface area contributed by atoms with Crippen LogP contribution < -0.4 is 0 Å². The van der Waals surface area contributed by atoms with Crippen molar-refractivity contribution in [3.05, 3.63) is 28.5 Å². The third kappa shape index (κ3) is 4.02. The Balaban J connectivity index is 1.95. The van der Waals surface area contributed by atoms with Gasteiger partial charge in [0.25, 0.3) is 5.91 Å². The van der Waals surface area contributed by atoms with E-state index in [1.807, 2.05) is 4.90 Å². The van der Waals surface area contributed by atoms with Crippen molar-refractivity contribution in [2.24, 2.45) is 0 Å². The number of nitriles is 1. The minimum atomic E-state index is -0.0256. The lowest BCUT2D eigenvalue weighted by Crippen LogP contribution is -2.51. The highest BCUT2D eigenvalue weighted by Crippen LogP contribution is 2.14. The fourth-order valence-electron chi connectivity index (χ4n) is 2.56. The summed E-state index contributed by atoms with van der Waals surface area (Å²) in [6.07, 6.45) is 3.52. The summed E-state index contributed by atoms with van der Waals surface area (Å²) in [4.78, 5) is 20.5. The number of pyridine rings is 1. The first-order valence-corrected chi connectivity index (χ1v) is 7.99. The fraction of sp³-hybridized carbons (Fsp3) is 0.533. The van der Waals surface area contributed by atoms with Gasteiger partial charge in [0.1, 0.15) is 4.60 Å². The highest BCUT2D eigenvalue weighted by molar-refractivity contribution is 9.10. The Hall–Kier alpha value is -1.45. The van der Waals surface area contributed by atoms with Gasteiger partial charge in [-0.1, -0.05) is 13.3 Å². The quantitative estimate of drug-likeness (QED) is 0.781. The van der Waals surface area contributed by atoms with Crippen molar-refractivity contribution in [1.29, 1.82) is 5.26 Å². The average Bonchev–Trinajstić information content (AvgIpc) is 2.52. The molecule has 1 aromatic rings. The number of hydrogen-bond donors (Lipinski definition) is 0. The molecular formula is C15H19BrN4O. The van der Waals surface area contributed by atoms with E-state index in [1.54, 1.807) is 18.3 Å². The molecule has 6 heteroatoms. The van der Waals surface area contributed by atoms with Crippen LogP contribution in [0.2, 0.25) is 0 Å². The molecule has 0 aliphatic carbocycles. The van der Waals surface area contributed by atoms with Crippen LogP contribution in [0.1, 0.15) is 30.1 Å². The van der Waals surface area contributed by atoms with Crippen molar-refractivity contribution in [2.45, 2.75) is 25.8 Å². The minimum Gasteiger partial charge on any atom is -0.336 e. The first-order valence-electron chi connectivity index (χ1n) is 7.20. The molecular weight excluding hydrogens is 332 g/mol. The van der Waals surface area contributed by atoms with Crippen molar-refractivity contribution in [2.75, 3.05) is 26.2 Å². The number of hydrogen-bond acceptors (Lipinski definition) is 4. The molecule has 0 saturated carbocycles. The van der Waals surface area contributed by atoms with E-state index in [4.69, 9.17) is 0 Å². The number of rotatable bonds is 4. The monoisotopic (exact) mass is 350 g/mol. The van der Waals surface area contributed by atoms with Gasteiger partial charge in [0.05, 0.1) is 12.1 Å². The molecule has 1 aliphatic heterocycles. The second-order valence-corrected chi connectivity index (χ2v) is 5.94. The van der Waals surface area contributed by atoms with E-state index in [9.17, 15) is 10.1 Å². The molecule has 0 bridgehead atoms. The maximum absolute atomic E-state index is 12.4. The third-order valence-electron chi connectivity index (χ3n) is 3.73. The van der Waals surface area contributed by atoms with Crippen molar-refractivity contribution < 1.29 is 4.79 Å². The molecule has 112 valence electrons. The number of aromatic nitrogens is 1. The molecule has 0 aromatic carbocycles. The molecule has 1 aliphatic rings. The Morgan fingerprint density at radius 3 is 2.76 bits per heavy atom. The molecule has 1 amide bonds. The van der Waals surface area contributed by atoms with Crippen LogP contribution in [0.15, 0.2) is 22.9 Å². The number of halogens is 1. The Morgan fingerprint density at radius 2 is 2.19 bits per heavy atom. The van der Waals surface area contributed by atoms with E-state index in [0.717, 1.165) is 25.9 Å². The van der Waals surface area contributed by atoms with Gasteiger partial charge < -0.3 is 4.90 Å². The van der Waals surface area contributed by atoms with Crippen LogP contribution in [-0.4, -0.2) is 52.9 Å². The minimum absolute atomic E-state index is 0.0256. The number of piperazine rings is 1. The largest absolute Gasteiger partial charge is 0.336 e. The molecule has 21 heavy (non-hydrogen) atoms. The summed E-state index contributed by atoms with van der Waals surface area (Å²) >= 11 is 3.28. The molecule has 2 rings (SSSR count). The maximum atomic E-state index is 12.4. The van der Waals surface area contributed by atoms with Gasteiger partial charge in [-0.25, -0.2) is 4.98 Å². The molecule has 5 nitrogen and oxygen atoms in total. The summed E-state index contributed by atoms with van der Waals surface area (Å²) in [5, 5.41) is 9.21. The number of carbonyl (C=O) groups excluding carboxylic acids is 1. The zero-order valence-corrected chi connectivity index (χ0v) is 13.7. The topological polar surface area (TPSA) is 60.2 Å². The highest BCUT2D eigenvalue weighted by Gasteiger charge is 2.26. The smallest absolute Gasteiger partial charge is 0.254 e. The summed E-state index contributed by atoms with van der Waals surface area (Å²) in [6.45, 7) is 4.94. The van der Waals surface area contributed by atoms with Gasteiger partial charge in [-0.05, 0) is 34.5 Å². The summed E-state index contributed by atoms with van der Waals surface area (Å²) < 4.78 is 0.666.